The number of ether oxygens (including phenoxy) is 1. The van der Waals surface area contributed by atoms with E-state index < -0.39 is 5.97 Å². The number of fused-ring (bicyclic) bond motifs is 1. The summed E-state index contributed by atoms with van der Waals surface area (Å²) in [6, 6.07) is 0. The van der Waals surface area contributed by atoms with Gasteiger partial charge < -0.3 is 14.7 Å². The molecule has 6 nitrogen and oxygen atoms in total. The number of rotatable bonds is 7. The molecule has 7 heteroatoms. The largest absolute Gasteiger partial charge is 0.478 e. The third-order valence-electron chi connectivity index (χ3n) is 2.91. The number of carboxylic acid groups (broad SMARTS) is 1. The summed E-state index contributed by atoms with van der Waals surface area (Å²) in [6.45, 7) is 4.13. The van der Waals surface area contributed by atoms with Crippen molar-refractivity contribution in [3.63, 3.8) is 0 Å². The Labute approximate surface area is 120 Å². The van der Waals surface area contributed by atoms with Gasteiger partial charge in [-0.05, 0) is 13.0 Å². The second kappa shape index (κ2) is 6.53. The zero-order chi connectivity index (χ0) is 14.5. The number of aromatic nitrogens is 2. The second-order valence-electron chi connectivity index (χ2n) is 4.12. The van der Waals surface area contributed by atoms with Gasteiger partial charge in [-0.15, -0.1) is 11.3 Å². The van der Waals surface area contributed by atoms with E-state index in [2.05, 4.69) is 9.88 Å². The lowest BCUT2D eigenvalue weighted by atomic mass is 10.3. The molecule has 2 aromatic rings. The van der Waals surface area contributed by atoms with Crippen molar-refractivity contribution >= 4 is 34.2 Å². The van der Waals surface area contributed by atoms with Gasteiger partial charge in [-0.3, -0.25) is 4.40 Å². The van der Waals surface area contributed by atoms with Crippen LogP contribution in [0.15, 0.2) is 17.7 Å². The molecule has 0 fully saturated rings. The Bertz CT molecular complexity index is 617. The first kappa shape index (κ1) is 14.5. The van der Waals surface area contributed by atoms with Crippen LogP contribution in [0.5, 0.6) is 0 Å². The third kappa shape index (κ3) is 3.00. The Morgan fingerprint density at radius 3 is 3.10 bits per heavy atom. The number of aliphatic carboxylic acids is 1. The predicted octanol–water partition coefficient (Wildman–Crippen LogP) is 1.97. The molecule has 0 saturated heterocycles. The first-order valence-electron chi connectivity index (χ1n) is 6.27. The quantitative estimate of drug-likeness (QED) is 0.791. The van der Waals surface area contributed by atoms with E-state index in [0.717, 1.165) is 29.1 Å². The Morgan fingerprint density at radius 2 is 2.45 bits per heavy atom. The highest BCUT2D eigenvalue weighted by molar-refractivity contribution is 7.15. The molecule has 0 bridgehead atoms. The van der Waals surface area contributed by atoms with Gasteiger partial charge in [0.15, 0.2) is 10.8 Å². The highest BCUT2D eigenvalue weighted by Gasteiger charge is 2.16. The van der Waals surface area contributed by atoms with Crippen LogP contribution < -0.4 is 4.90 Å². The lowest BCUT2D eigenvalue weighted by Crippen LogP contribution is -2.27. The van der Waals surface area contributed by atoms with Gasteiger partial charge in [-0.2, -0.15) is 0 Å². The standard InChI is InChI=1S/C13H17N3O3S/c1-3-15(6-8-19-2)12-10(4-5-11(17)18)16-7-9-20-13(16)14-12/h4-5,7,9H,3,6,8H2,1-2H3,(H,17,18). The predicted molar refractivity (Wildman–Crippen MR) is 79.5 cm³/mol. The molecule has 0 atom stereocenters. The molecule has 0 saturated carbocycles. The monoisotopic (exact) mass is 295 g/mol. The SMILES string of the molecule is CCN(CCOC)c1nc2sccn2c1C=CC(=O)O. The van der Waals surface area contributed by atoms with Gasteiger partial charge in [0, 0.05) is 37.9 Å². The topological polar surface area (TPSA) is 67.1 Å². The third-order valence-corrected chi connectivity index (χ3v) is 3.67. The second-order valence-corrected chi connectivity index (χ2v) is 4.99. The van der Waals surface area contributed by atoms with E-state index in [4.69, 9.17) is 9.84 Å². The van der Waals surface area contributed by atoms with Gasteiger partial charge >= 0.3 is 5.97 Å². The van der Waals surface area contributed by atoms with Crippen LogP contribution in [-0.4, -0.2) is 47.3 Å². The average molecular weight is 295 g/mol. The normalized spacial score (nSPS) is 11.5. The molecular weight excluding hydrogens is 278 g/mol. The molecule has 0 aromatic carbocycles. The summed E-state index contributed by atoms with van der Waals surface area (Å²) in [7, 11) is 1.66. The smallest absolute Gasteiger partial charge is 0.328 e. The van der Waals surface area contributed by atoms with Gasteiger partial charge in [-0.25, -0.2) is 9.78 Å². The van der Waals surface area contributed by atoms with Crippen molar-refractivity contribution in [3.05, 3.63) is 23.3 Å². The fourth-order valence-corrected chi connectivity index (χ4v) is 2.66. The fourth-order valence-electron chi connectivity index (χ4n) is 1.94. The maximum absolute atomic E-state index is 10.7. The molecule has 108 valence electrons. The minimum Gasteiger partial charge on any atom is -0.478 e. The number of thiazole rings is 1. The van der Waals surface area contributed by atoms with Crippen LogP contribution >= 0.6 is 11.3 Å². The van der Waals surface area contributed by atoms with Crippen LogP contribution in [0.4, 0.5) is 5.82 Å². The Kier molecular flexibility index (Phi) is 4.75. The summed E-state index contributed by atoms with van der Waals surface area (Å²) in [6.07, 6.45) is 4.61. The van der Waals surface area contributed by atoms with E-state index in [-0.39, 0.29) is 0 Å². The molecule has 0 unspecified atom stereocenters. The maximum atomic E-state index is 10.7. The van der Waals surface area contributed by atoms with Crippen molar-refractivity contribution in [2.45, 2.75) is 6.92 Å². The maximum Gasteiger partial charge on any atom is 0.328 e. The molecule has 2 heterocycles. The lowest BCUT2D eigenvalue weighted by Gasteiger charge is -2.20. The lowest BCUT2D eigenvalue weighted by molar-refractivity contribution is -0.131. The first-order chi connectivity index (χ1) is 9.67. The summed E-state index contributed by atoms with van der Waals surface area (Å²) in [5.41, 5.74) is 0.779. The fraction of sp³-hybridized carbons (Fsp3) is 0.385. The zero-order valence-corrected chi connectivity index (χ0v) is 12.3. The van der Waals surface area contributed by atoms with Crippen molar-refractivity contribution in [3.8, 4) is 0 Å². The summed E-state index contributed by atoms with van der Waals surface area (Å²) in [5, 5.41) is 10.7. The highest BCUT2D eigenvalue weighted by Crippen LogP contribution is 2.25. The van der Waals surface area contributed by atoms with Gasteiger partial charge in [0.2, 0.25) is 0 Å². The minimum atomic E-state index is -0.971. The van der Waals surface area contributed by atoms with Gasteiger partial charge in [-0.1, -0.05) is 0 Å². The number of imidazole rings is 1. The number of hydrogen-bond donors (Lipinski definition) is 1. The number of anilines is 1. The zero-order valence-electron chi connectivity index (χ0n) is 11.4. The van der Waals surface area contributed by atoms with Crippen molar-refractivity contribution in [1.82, 2.24) is 9.38 Å². The van der Waals surface area contributed by atoms with E-state index in [1.165, 1.54) is 11.3 Å². The number of methoxy groups -OCH3 is 1. The van der Waals surface area contributed by atoms with Crippen molar-refractivity contribution < 1.29 is 14.6 Å². The van der Waals surface area contributed by atoms with Crippen LogP contribution in [0, 0.1) is 0 Å². The van der Waals surface area contributed by atoms with Crippen LogP contribution in [0.3, 0.4) is 0 Å². The van der Waals surface area contributed by atoms with Gasteiger partial charge in [0.25, 0.3) is 0 Å². The first-order valence-corrected chi connectivity index (χ1v) is 7.15. The summed E-state index contributed by atoms with van der Waals surface area (Å²) < 4.78 is 7.00. The number of carboxylic acids is 1. The Morgan fingerprint density at radius 1 is 1.65 bits per heavy atom. The van der Waals surface area contributed by atoms with Crippen LogP contribution in [0.1, 0.15) is 12.6 Å². The minimum absolute atomic E-state index is 0.598. The van der Waals surface area contributed by atoms with Gasteiger partial charge in [0.05, 0.1) is 12.3 Å². The van der Waals surface area contributed by atoms with Crippen molar-refractivity contribution in [2.24, 2.45) is 0 Å². The summed E-state index contributed by atoms with van der Waals surface area (Å²) in [5.74, 6) is -0.185. The Hall–Kier alpha value is -1.86. The Balaban J connectivity index is 2.42. The van der Waals surface area contributed by atoms with Crippen molar-refractivity contribution in [2.75, 3.05) is 31.7 Å². The molecule has 0 aliphatic carbocycles. The number of nitrogens with zero attached hydrogens (tertiary/aromatic N) is 3. The molecule has 0 aliphatic rings. The number of hydrogen-bond acceptors (Lipinski definition) is 5. The molecule has 0 aliphatic heterocycles. The molecule has 0 radical (unpaired) electrons. The summed E-state index contributed by atoms with van der Waals surface area (Å²) in [4.78, 5) is 18.2. The average Bonchev–Trinajstić information content (AvgIpc) is 2.98. The van der Waals surface area contributed by atoms with E-state index in [0.29, 0.717) is 13.2 Å². The van der Waals surface area contributed by atoms with E-state index >= 15 is 0 Å². The van der Waals surface area contributed by atoms with Crippen LogP contribution in [-0.2, 0) is 9.53 Å². The summed E-state index contributed by atoms with van der Waals surface area (Å²) >= 11 is 1.52. The van der Waals surface area contributed by atoms with E-state index in [1.807, 2.05) is 22.9 Å². The highest BCUT2D eigenvalue weighted by atomic mass is 32.1. The molecule has 1 N–H and O–H groups in total. The van der Waals surface area contributed by atoms with E-state index in [1.54, 1.807) is 13.2 Å². The number of carbonyl (C=O) groups is 1. The van der Waals surface area contributed by atoms with Gasteiger partial charge in [0.1, 0.15) is 0 Å². The van der Waals surface area contributed by atoms with E-state index in [9.17, 15) is 4.79 Å². The molecule has 2 rings (SSSR count). The van der Waals surface area contributed by atoms with Crippen LogP contribution in [0.25, 0.3) is 11.0 Å². The van der Waals surface area contributed by atoms with Crippen molar-refractivity contribution in [1.29, 1.82) is 0 Å². The van der Waals surface area contributed by atoms with Crippen LogP contribution in [0.2, 0.25) is 0 Å². The molecule has 0 spiro atoms. The molecular formula is C13H17N3O3S. The molecule has 20 heavy (non-hydrogen) atoms. The molecule has 0 amide bonds. The molecule has 2 aromatic heterocycles. The number of likely N-dealkylation sites (N-methyl/N-ethyl adjacent to an activating group) is 1.